The Morgan fingerprint density at radius 1 is 0.800 bits per heavy atom. The summed E-state index contributed by atoms with van der Waals surface area (Å²) in [5, 5.41) is 9.30. The first kappa shape index (κ1) is 17.4. The second-order valence-electron chi connectivity index (χ2n) is 5.98. The highest BCUT2D eigenvalue weighted by molar-refractivity contribution is 5.68. The van der Waals surface area contributed by atoms with Gasteiger partial charge in [-0.15, -0.1) is 0 Å². The Morgan fingerprint density at radius 3 is 2.16 bits per heavy atom. The van der Waals surface area contributed by atoms with E-state index in [4.69, 9.17) is 4.74 Å². The van der Waals surface area contributed by atoms with Crippen LogP contribution in [0.25, 0.3) is 11.1 Å². The number of aliphatic hydroxyl groups is 1. The van der Waals surface area contributed by atoms with Gasteiger partial charge < -0.3 is 9.84 Å². The highest BCUT2D eigenvalue weighted by Crippen LogP contribution is 2.35. The van der Waals surface area contributed by atoms with Crippen LogP contribution in [-0.2, 0) is 11.2 Å². The Morgan fingerprint density at radius 2 is 1.44 bits per heavy atom. The van der Waals surface area contributed by atoms with Crippen LogP contribution in [0.5, 0.6) is 0 Å². The second kappa shape index (κ2) is 8.61. The predicted octanol–water partition coefficient (Wildman–Crippen LogP) is 5.01. The zero-order chi connectivity index (χ0) is 17.5. The van der Waals surface area contributed by atoms with Crippen LogP contribution in [0.2, 0.25) is 0 Å². The van der Waals surface area contributed by atoms with Gasteiger partial charge in [0, 0.05) is 0 Å². The minimum absolute atomic E-state index is 0.0122. The van der Waals surface area contributed by atoms with Gasteiger partial charge in [-0.05, 0) is 34.2 Å². The molecule has 0 spiro atoms. The number of rotatable bonds is 7. The molecule has 1 unspecified atom stereocenters. The lowest BCUT2D eigenvalue weighted by Gasteiger charge is -2.23. The molecule has 0 fully saturated rings. The molecule has 3 aromatic carbocycles. The van der Waals surface area contributed by atoms with Gasteiger partial charge in [0.2, 0.25) is 0 Å². The van der Waals surface area contributed by atoms with E-state index < -0.39 is 0 Å². The minimum Gasteiger partial charge on any atom is -0.394 e. The fraction of sp³-hybridized carbons (Fsp3) is 0.217. The summed E-state index contributed by atoms with van der Waals surface area (Å²) in [6.45, 7) is 2.48. The van der Waals surface area contributed by atoms with Crippen LogP contribution < -0.4 is 0 Å². The SMILES string of the molecule is CCc1ccccc1C(OCCO)c1ccccc1-c1ccccc1. The summed E-state index contributed by atoms with van der Waals surface area (Å²) in [6, 6.07) is 27.1. The van der Waals surface area contributed by atoms with E-state index in [0.717, 1.165) is 17.5 Å². The van der Waals surface area contributed by atoms with Crippen molar-refractivity contribution in [2.24, 2.45) is 0 Å². The van der Waals surface area contributed by atoms with Gasteiger partial charge in [-0.1, -0.05) is 85.8 Å². The summed E-state index contributed by atoms with van der Waals surface area (Å²) in [4.78, 5) is 0. The van der Waals surface area contributed by atoms with Gasteiger partial charge in [-0.3, -0.25) is 0 Å². The van der Waals surface area contributed by atoms with Crippen molar-refractivity contribution in [2.75, 3.05) is 13.2 Å². The maximum atomic E-state index is 9.30. The van der Waals surface area contributed by atoms with Crippen LogP contribution >= 0.6 is 0 Å². The number of hydrogen-bond donors (Lipinski definition) is 1. The molecule has 0 aliphatic carbocycles. The van der Waals surface area contributed by atoms with Crippen LogP contribution in [0, 0.1) is 0 Å². The molecule has 3 rings (SSSR count). The summed E-state index contributed by atoms with van der Waals surface area (Å²) in [7, 11) is 0. The van der Waals surface area contributed by atoms with Gasteiger partial charge >= 0.3 is 0 Å². The smallest absolute Gasteiger partial charge is 0.109 e. The van der Waals surface area contributed by atoms with Crippen molar-refractivity contribution in [1.29, 1.82) is 0 Å². The maximum Gasteiger partial charge on any atom is 0.109 e. The van der Waals surface area contributed by atoms with E-state index in [0.29, 0.717) is 6.61 Å². The standard InChI is InChI=1S/C23H24O2/c1-2-18-10-6-7-14-21(18)23(25-17-16-24)22-15-9-8-13-20(22)19-11-4-3-5-12-19/h3-15,23-24H,2,16-17H2,1H3. The lowest BCUT2D eigenvalue weighted by molar-refractivity contribution is 0.0500. The first-order chi connectivity index (χ1) is 12.3. The third kappa shape index (κ3) is 3.98. The molecule has 1 atom stereocenters. The van der Waals surface area contributed by atoms with Crippen molar-refractivity contribution in [3.63, 3.8) is 0 Å². The van der Waals surface area contributed by atoms with Crippen LogP contribution in [0.1, 0.15) is 29.7 Å². The fourth-order valence-electron chi connectivity index (χ4n) is 3.24. The van der Waals surface area contributed by atoms with Crippen molar-refractivity contribution in [3.8, 4) is 11.1 Å². The molecule has 25 heavy (non-hydrogen) atoms. The Balaban J connectivity index is 2.12. The number of hydrogen-bond acceptors (Lipinski definition) is 2. The van der Waals surface area contributed by atoms with E-state index in [1.807, 2.05) is 12.1 Å². The van der Waals surface area contributed by atoms with Crippen molar-refractivity contribution in [3.05, 3.63) is 95.6 Å². The van der Waals surface area contributed by atoms with E-state index in [1.165, 1.54) is 16.7 Å². The lowest BCUT2D eigenvalue weighted by Crippen LogP contribution is -2.12. The number of aliphatic hydroxyl groups excluding tert-OH is 1. The molecule has 2 heteroatoms. The third-order valence-electron chi connectivity index (χ3n) is 4.42. The second-order valence-corrected chi connectivity index (χ2v) is 5.98. The van der Waals surface area contributed by atoms with Gasteiger partial charge in [0.25, 0.3) is 0 Å². The maximum absolute atomic E-state index is 9.30. The quantitative estimate of drug-likeness (QED) is 0.659. The summed E-state index contributed by atoms with van der Waals surface area (Å²) in [6.07, 6.45) is 0.752. The molecule has 0 amide bonds. The van der Waals surface area contributed by atoms with Gasteiger partial charge in [0.1, 0.15) is 6.10 Å². The van der Waals surface area contributed by atoms with Crippen molar-refractivity contribution in [2.45, 2.75) is 19.4 Å². The molecule has 0 aliphatic heterocycles. The van der Waals surface area contributed by atoms with E-state index in [9.17, 15) is 5.11 Å². The van der Waals surface area contributed by atoms with Gasteiger partial charge in [0.15, 0.2) is 0 Å². The van der Waals surface area contributed by atoms with E-state index in [2.05, 4.69) is 73.7 Å². The van der Waals surface area contributed by atoms with Crippen molar-refractivity contribution < 1.29 is 9.84 Å². The van der Waals surface area contributed by atoms with Gasteiger partial charge in [-0.25, -0.2) is 0 Å². The molecule has 0 saturated carbocycles. The Bertz CT molecular complexity index is 796. The molecule has 0 aromatic heterocycles. The summed E-state index contributed by atoms with van der Waals surface area (Å²) in [5.41, 5.74) is 5.90. The molecule has 0 aliphatic rings. The Kier molecular flexibility index (Phi) is 5.99. The zero-order valence-corrected chi connectivity index (χ0v) is 14.6. The van der Waals surface area contributed by atoms with Crippen LogP contribution in [0.4, 0.5) is 0 Å². The van der Waals surface area contributed by atoms with E-state index in [-0.39, 0.29) is 12.7 Å². The monoisotopic (exact) mass is 332 g/mol. The van der Waals surface area contributed by atoms with Gasteiger partial charge in [0.05, 0.1) is 13.2 Å². The molecule has 3 aromatic rings. The number of ether oxygens (including phenoxy) is 1. The number of aryl methyl sites for hydroxylation is 1. The van der Waals surface area contributed by atoms with Crippen molar-refractivity contribution in [1.82, 2.24) is 0 Å². The Labute approximate surface area is 149 Å². The molecule has 0 bridgehead atoms. The summed E-state index contributed by atoms with van der Waals surface area (Å²) >= 11 is 0. The topological polar surface area (TPSA) is 29.5 Å². The van der Waals surface area contributed by atoms with Crippen LogP contribution in [0.15, 0.2) is 78.9 Å². The third-order valence-corrected chi connectivity index (χ3v) is 4.42. The molecule has 128 valence electrons. The number of benzene rings is 3. The first-order valence-corrected chi connectivity index (χ1v) is 8.79. The molecule has 2 nitrogen and oxygen atoms in total. The fourth-order valence-corrected chi connectivity index (χ4v) is 3.24. The summed E-state index contributed by atoms with van der Waals surface area (Å²) < 4.78 is 6.12. The highest BCUT2D eigenvalue weighted by atomic mass is 16.5. The molecular formula is C23H24O2. The van der Waals surface area contributed by atoms with Crippen LogP contribution in [-0.4, -0.2) is 18.3 Å². The van der Waals surface area contributed by atoms with E-state index >= 15 is 0 Å². The molecule has 0 radical (unpaired) electrons. The molecule has 0 heterocycles. The highest BCUT2D eigenvalue weighted by Gasteiger charge is 2.20. The lowest BCUT2D eigenvalue weighted by atomic mass is 9.90. The van der Waals surface area contributed by atoms with E-state index in [1.54, 1.807) is 0 Å². The predicted molar refractivity (Wildman–Crippen MR) is 103 cm³/mol. The molecule has 1 N–H and O–H groups in total. The van der Waals surface area contributed by atoms with Crippen molar-refractivity contribution >= 4 is 0 Å². The molecular weight excluding hydrogens is 308 g/mol. The Hall–Kier alpha value is -2.42. The largest absolute Gasteiger partial charge is 0.394 e. The average molecular weight is 332 g/mol. The first-order valence-electron chi connectivity index (χ1n) is 8.79. The average Bonchev–Trinajstić information content (AvgIpc) is 2.69. The zero-order valence-electron chi connectivity index (χ0n) is 14.6. The van der Waals surface area contributed by atoms with Crippen LogP contribution in [0.3, 0.4) is 0 Å². The summed E-state index contributed by atoms with van der Waals surface area (Å²) in [5.74, 6) is 0. The minimum atomic E-state index is -0.195. The molecule has 0 saturated heterocycles. The van der Waals surface area contributed by atoms with Gasteiger partial charge in [-0.2, -0.15) is 0 Å². The normalized spacial score (nSPS) is 12.1.